The van der Waals surface area contributed by atoms with E-state index in [4.69, 9.17) is 4.74 Å². The second kappa shape index (κ2) is 7.49. The van der Waals surface area contributed by atoms with Gasteiger partial charge in [-0.05, 0) is 6.92 Å². The van der Waals surface area contributed by atoms with Crippen LogP contribution in [0.5, 0.6) is 0 Å². The molecule has 23 heavy (non-hydrogen) atoms. The summed E-state index contributed by atoms with van der Waals surface area (Å²) in [6.07, 6.45) is 2.64. The molecule has 2 aromatic heterocycles. The summed E-state index contributed by atoms with van der Waals surface area (Å²) in [6, 6.07) is -0.385. The van der Waals surface area contributed by atoms with Crippen molar-refractivity contribution in [3.63, 3.8) is 0 Å². The van der Waals surface area contributed by atoms with Crippen molar-refractivity contribution in [1.82, 2.24) is 30.0 Å². The van der Waals surface area contributed by atoms with Crippen molar-refractivity contribution < 1.29 is 9.53 Å². The van der Waals surface area contributed by atoms with Crippen molar-refractivity contribution >= 4 is 5.91 Å². The molecular weight excluding hydrogens is 304 g/mol. The first kappa shape index (κ1) is 16.6. The minimum absolute atomic E-state index is 0.150. The lowest BCUT2D eigenvalue weighted by Gasteiger charge is -2.14. The SMILES string of the molecule is COCCn1cnnc1C(C)NC(=O)Cc1c[nH]c(=O)[nH]c1=O. The van der Waals surface area contributed by atoms with Gasteiger partial charge in [-0.25, -0.2) is 4.79 Å². The monoisotopic (exact) mass is 322 g/mol. The number of amides is 1. The van der Waals surface area contributed by atoms with Crippen LogP contribution in [0, 0.1) is 0 Å². The molecule has 0 saturated heterocycles. The second-order valence-electron chi connectivity index (χ2n) is 4.94. The second-order valence-corrected chi connectivity index (χ2v) is 4.94. The summed E-state index contributed by atoms with van der Waals surface area (Å²) in [7, 11) is 1.59. The average Bonchev–Trinajstić information content (AvgIpc) is 2.96. The van der Waals surface area contributed by atoms with Gasteiger partial charge in [0.05, 0.1) is 19.1 Å². The van der Waals surface area contributed by atoms with Gasteiger partial charge in [0.25, 0.3) is 5.56 Å². The number of ether oxygens (including phenoxy) is 1. The number of rotatable bonds is 7. The molecule has 2 aromatic rings. The zero-order valence-electron chi connectivity index (χ0n) is 12.8. The molecule has 1 atom stereocenters. The van der Waals surface area contributed by atoms with Crippen LogP contribution in [-0.4, -0.2) is 44.4 Å². The van der Waals surface area contributed by atoms with Crippen LogP contribution in [0.15, 0.2) is 22.1 Å². The van der Waals surface area contributed by atoms with E-state index in [-0.39, 0.29) is 23.9 Å². The summed E-state index contributed by atoms with van der Waals surface area (Å²) in [4.78, 5) is 39.0. The zero-order valence-corrected chi connectivity index (χ0v) is 12.8. The lowest BCUT2D eigenvalue weighted by molar-refractivity contribution is -0.121. The van der Waals surface area contributed by atoms with Gasteiger partial charge in [-0.3, -0.25) is 14.6 Å². The average molecular weight is 322 g/mol. The van der Waals surface area contributed by atoms with Gasteiger partial charge in [-0.15, -0.1) is 10.2 Å². The highest BCUT2D eigenvalue weighted by atomic mass is 16.5. The summed E-state index contributed by atoms with van der Waals surface area (Å²) in [5.74, 6) is 0.224. The summed E-state index contributed by atoms with van der Waals surface area (Å²) in [6.45, 7) is 2.83. The molecule has 10 nitrogen and oxygen atoms in total. The number of nitrogens with zero attached hydrogens (tertiary/aromatic N) is 3. The molecule has 0 fully saturated rings. The lowest BCUT2D eigenvalue weighted by Crippen LogP contribution is -2.33. The first-order valence-electron chi connectivity index (χ1n) is 6.98. The van der Waals surface area contributed by atoms with E-state index >= 15 is 0 Å². The molecule has 0 saturated carbocycles. The van der Waals surface area contributed by atoms with E-state index in [0.717, 1.165) is 0 Å². The Morgan fingerprint density at radius 2 is 2.26 bits per heavy atom. The van der Waals surface area contributed by atoms with E-state index in [0.29, 0.717) is 19.0 Å². The van der Waals surface area contributed by atoms with Gasteiger partial charge in [-0.1, -0.05) is 0 Å². The summed E-state index contributed by atoms with van der Waals surface area (Å²) in [5.41, 5.74) is -1.02. The van der Waals surface area contributed by atoms with Gasteiger partial charge in [0, 0.05) is 25.4 Å². The predicted molar refractivity (Wildman–Crippen MR) is 79.8 cm³/mol. The standard InChI is InChI=1S/C13H18N6O4/c1-8(11-18-15-7-19(11)3-4-23-2)16-10(20)5-9-6-14-13(22)17-12(9)21/h6-8H,3-5H2,1-2H3,(H,16,20)(H2,14,17,21,22). The molecule has 10 heteroatoms. The van der Waals surface area contributed by atoms with Gasteiger partial charge in [0.2, 0.25) is 5.91 Å². The molecule has 0 aliphatic heterocycles. The van der Waals surface area contributed by atoms with Gasteiger partial charge in [0.1, 0.15) is 6.33 Å². The Morgan fingerprint density at radius 3 is 2.96 bits per heavy atom. The molecule has 0 aliphatic rings. The Bertz CT molecular complexity index is 777. The highest BCUT2D eigenvalue weighted by Crippen LogP contribution is 2.09. The normalized spacial score (nSPS) is 12.1. The number of hydrogen-bond donors (Lipinski definition) is 3. The Kier molecular flexibility index (Phi) is 5.41. The van der Waals surface area contributed by atoms with Crippen LogP contribution in [0.1, 0.15) is 24.4 Å². The number of methoxy groups -OCH3 is 1. The molecule has 2 rings (SSSR count). The van der Waals surface area contributed by atoms with Crippen LogP contribution >= 0.6 is 0 Å². The Labute approximate surface area is 130 Å². The van der Waals surface area contributed by atoms with E-state index in [1.54, 1.807) is 24.9 Å². The molecule has 1 amide bonds. The van der Waals surface area contributed by atoms with E-state index in [2.05, 4.69) is 25.5 Å². The van der Waals surface area contributed by atoms with Gasteiger partial charge in [-0.2, -0.15) is 0 Å². The highest BCUT2D eigenvalue weighted by Gasteiger charge is 2.16. The van der Waals surface area contributed by atoms with Crippen molar-refractivity contribution in [2.24, 2.45) is 0 Å². The maximum Gasteiger partial charge on any atom is 0.325 e. The molecule has 0 radical (unpaired) electrons. The van der Waals surface area contributed by atoms with E-state index in [9.17, 15) is 14.4 Å². The topological polar surface area (TPSA) is 135 Å². The van der Waals surface area contributed by atoms with Crippen molar-refractivity contribution in [3.05, 3.63) is 44.8 Å². The Morgan fingerprint density at radius 1 is 1.48 bits per heavy atom. The van der Waals surface area contributed by atoms with Gasteiger partial charge >= 0.3 is 5.69 Å². The minimum Gasteiger partial charge on any atom is -0.383 e. The third-order valence-corrected chi connectivity index (χ3v) is 3.19. The number of carbonyl (C=O) groups is 1. The van der Waals surface area contributed by atoms with E-state index < -0.39 is 11.2 Å². The van der Waals surface area contributed by atoms with Crippen molar-refractivity contribution in [3.8, 4) is 0 Å². The number of H-pyrrole nitrogens is 2. The molecule has 3 N–H and O–H groups in total. The van der Waals surface area contributed by atoms with Crippen molar-refractivity contribution in [2.45, 2.75) is 25.9 Å². The molecular formula is C13H18N6O4. The molecule has 0 spiro atoms. The lowest BCUT2D eigenvalue weighted by atomic mass is 10.2. The Balaban J connectivity index is 2.01. The van der Waals surface area contributed by atoms with Gasteiger partial charge in [0.15, 0.2) is 5.82 Å². The number of aromatic nitrogens is 5. The number of nitrogens with one attached hydrogen (secondary N) is 3. The molecule has 2 heterocycles. The van der Waals surface area contributed by atoms with Crippen LogP contribution < -0.4 is 16.6 Å². The predicted octanol–water partition coefficient (Wildman–Crippen LogP) is -1.28. The van der Waals surface area contributed by atoms with Crippen LogP contribution in [-0.2, 0) is 22.5 Å². The molecule has 0 bridgehead atoms. The molecule has 0 aromatic carbocycles. The molecule has 0 aliphatic carbocycles. The molecule has 124 valence electrons. The fraction of sp³-hybridized carbons (Fsp3) is 0.462. The number of aromatic amines is 2. The van der Waals surface area contributed by atoms with E-state index in [1.165, 1.54) is 6.20 Å². The summed E-state index contributed by atoms with van der Waals surface area (Å²) < 4.78 is 6.78. The highest BCUT2D eigenvalue weighted by molar-refractivity contribution is 5.78. The maximum absolute atomic E-state index is 12.0. The Hall–Kier alpha value is -2.75. The van der Waals surface area contributed by atoms with Crippen LogP contribution in [0.25, 0.3) is 0 Å². The fourth-order valence-corrected chi connectivity index (χ4v) is 2.06. The largest absolute Gasteiger partial charge is 0.383 e. The fourth-order valence-electron chi connectivity index (χ4n) is 2.06. The van der Waals surface area contributed by atoms with Crippen LogP contribution in [0.4, 0.5) is 0 Å². The minimum atomic E-state index is -0.612. The van der Waals surface area contributed by atoms with Crippen LogP contribution in [0.3, 0.4) is 0 Å². The maximum atomic E-state index is 12.0. The third kappa shape index (κ3) is 4.36. The first-order chi connectivity index (χ1) is 11.0. The van der Waals surface area contributed by atoms with Crippen LogP contribution in [0.2, 0.25) is 0 Å². The summed E-state index contributed by atoms with van der Waals surface area (Å²) in [5, 5.41) is 10.5. The molecule has 1 unspecified atom stereocenters. The smallest absolute Gasteiger partial charge is 0.325 e. The van der Waals surface area contributed by atoms with Gasteiger partial charge < -0.3 is 19.6 Å². The first-order valence-corrected chi connectivity index (χ1v) is 6.98. The third-order valence-electron chi connectivity index (χ3n) is 3.19. The van der Waals surface area contributed by atoms with E-state index in [1.807, 2.05) is 0 Å². The number of hydrogen-bond acceptors (Lipinski definition) is 6. The van der Waals surface area contributed by atoms with Crippen molar-refractivity contribution in [1.29, 1.82) is 0 Å². The van der Waals surface area contributed by atoms with Crippen molar-refractivity contribution in [2.75, 3.05) is 13.7 Å². The zero-order chi connectivity index (χ0) is 16.8. The summed E-state index contributed by atoms with van der Waals surface area (Å²) >= 11 is 0. The quantitative estimate of drug-likeness (QED) is 0.581. The number of carbonyl (C=O) groups excluding carboxylic acids is 1.